The van der Waals surface area contributed by atoms with Gasteiger partial charge in [-0.05, 0) is 67.9 Å². The van der Waals surface area contributed by atoms with E-state index in [0.717, 1.165) is 18.4 Å². The molecule has 1 aliphatic carbocycles. The molecule has 0 radical (unpaired) electrons. The molecule has 0 bridgehead atoms. The quantitative estimate of drug-likeness (QED) is 0.312. The van der Waals surface area contributed by atoms with Gasteiger partial charge < -0.3 is 29.4 Å². The maximum absolute atomic E-state index is 15.5. The predicted molar refractivity (Wildman–Crippen MR) is 146 cm³/mol. The van der Waals surface area contributed by atoms with Crippen LogP contribution in [-0.2, 0) is 27.9 Å². The number of aliphatic hydroxyl groups excluding tert-OH is 1. The highest BCUT2D eigenvalue weighted by Gasteiger charge is 2.48. The number of H-pyrrole nitrogens is 1. The second-order valence-electron chi connectivity index (χ2n) is 11.5. The number of benzene rings is 1. The monoisotopic (exact) mass is 581 g/mol. The third-order valence-corrected chi connectivity index (χ3v) is 8.41. The van der Waals surface area contributed by atoms with Gasteiger partial charge in [0.05, 0.1) is 29.4 Å². The zero-order valence-electron chi connectivity index (χ0n) is 22.5. The van der Waals surface area contributed by atoms with Crippen LogP contribution in [0.4, 0.5) is 4.39 Å². The van der Waals surface area contributed by atoms with Crippen LogP contribution in [0.1, 0.15) is 48.8 Å². The van der Waals surface area contributed by atoms with Crippen molar-refractivity contribution in [2.75, 3.05) is 13.2 Å². The molecule has 5 atom stereocenters. The summed E-state index contributed by atoms with van der Waals surface area (Å²) in [6.45, 7) is 3.74. The Morgan fingerprint density at radius 2 is 1.88 bits per heavy atom. The number of pyridine rings is 1. The van der Waals surface area contributed by atoms with Gasteiger partial charge in [-0.25, -0.2) is 19.3 Å². The van der Waals surface area contributed by atoms with Crippen LogP contribution in [0.3, 0.4) is 0 Å². The number of aryl methyl sites for hydroxylation is 1. The Labute approximate surface area is 239 Å². The van der Waals surface area contributed by atoms with Crippen molar-refractivity contribution in [1.82, 2.24) is 24.9 Å². The summed E-state index contributed by atoms with van der Waals surface area (Å²) >= 11 is 6.62. The van der Waals surface area contributed by atoms with E-state index in [0.29, 0.717) is 50.8 Å². The minimum absolute atomic E-state index is 0.0801. The summed E-state index contributed by atoms with van der Waals surface area (Å²) in [5, 5.41) is 20.5. The standard InChI is InChI=1S/C29H29ClFN5O5/c1-29(2,38)27-32-9-16(10-33-27)15-5-13-3-4-14(23(13)18(31)6-15)7-19-17(30)8-20-26(34-19)36-28(35-20)41-22-12-40-24-21(37)11-39-25(22)24/h5-6,8-10,14,21-22,24-25,37-38H,3-4,7,11-12H2,1-2H3,(H,34,35,36)/t14-,21-,22-,24-,25-/m1/s1. The van der Waals surface area contributed by atoms with E-state index in [1.54, 1.807) is 32.3 Å². The van der Waals surface area contributed by atoms with Gasteiger partial charge in [-0.1, -0.05) is 17.7 Å². The Hall–Kier alpha value is -3.22. The lowest BCUT2D eigenvalue weighted by atomic mass is 9.93. The number of hydrogen-bond acceptors (Lipinski definition) is 9. The first kappa shape index (κ1) is 26.7. The molecule has 5 heterocycles. The highest BCUT2D eigenvalue weighted by molar-refractivity contribution is 6.31. The van der Waals surface area contributed by atoms with Gasteiger partial charge in [-0.15, -0.1) is 0 Å². The molecule has 214 valence electrons. The van der Waals surface area contributed by atoms with Gasteiger partial charge in [-0.2, -0.15) is 4.98 Å². The van der Waals surface area contributed by atoms with Crippen LogP contribution >= 0.6 is 11.6 Å². The number of nitrogens with zero attached hydrogens (tertiary/aromatic N) is 4. The molecule has 2 aliphatic heterocycles. The summed E-state index contributed by atoms with van der Waals surface area (Å²) in [4.78, 5) is 20.8. The highest BCUT2D eigenvalue weighted by atomic mass is 35.5. The van der Waals surface area contributed by atoms with E-state index in [4.69, 9.17) is 30.8 Å². The van der Waals surface area contributed by atoms with Crippen molar-refractivity contribution in [2.45, 2.75) is 69.0 Å². The number of ether oxygens (including phenoxy) is 3. The third-order valence-electron chi connectivity index (χ3n) is 8.08. The Morgan fingerprint density at radius 3 is 2.66 bits per heavy atom. The predicted octanol–water partition coefficient (Wildman–Crippen LogP) is 3.61. The summed E-state index contributed by atoms with van der Waals surface area (Å²) in [5.41, 5.74) is 3.57. The van der Waals surface area contributed by atoms with Gasteiger partial charge in [0.2, 0.25) is 0 Å². The minimum atomic E-state index is -1.15. The molecule has 0 unspecified atom stereocenters. The zero-order chi connectivity index (χ0) is 28.5. The molecule has 3 N–H and O–H groups in total. The second kappa shape index (κ2) is 9.95. The number of imidazole rings is 1. The van der Waals surface area contributed by atoms with Gasteiger partial charge in [0.1, 0.15) is 29.7 Å². The molecule has 7 rings (SSSR count). The van der Waals surface area contributed by atoms with E-state index in [1.807, 2.05) is 6.07 Å². The summed E-state index contributed by atoms with van der Waals surface area (Å²) in [5.74, 6) is -0.0530. The number of nitrogens with one attached hydrogen (secondary N) is 1. The van der Waals surface area contributed by atoms with Crippen LogP contribution in [0.15, 0.2) is 30.6 Å². The molecule has 3 aromatic heterocycles. The number of fused-ring (bicyclic) bond motifs is 3. The molecule has 3 aliphatic rings. The van der Waals surface area contributed by atoms with Crippen LogP contribution in [0.5, 0.6) is 6.01 Å². The van der Waals surface area contributed by atoms with Gasteiger partial charge in [0, 0.05) is 18.0 Å². The lowest BCUT2D eigenvalue weighted by Crippen LogP contribution is -2.34. The smallest absolute Gasteiger partial charge is 0.296 e. The second-order valence-corrected chi connectivity index (χ2v) is 11.9. The van der Waals surface area contributed by atoms with E-state index >= 15 is 4.39 Å². The number of aliphatic hydroxyl groups is 2. The maximum atomic E-state index is 15.5. The van der Waals surface area contributed by atoms with Gasteiger partial charge in [0.15, 0.2) is 17.6 Å². The normalized spacial score (nSPS) is 25.6. The van der Waals surface area contributed by atoms with E-state index in [-0.39, 0.29) is 37.1 Å². The largest absolute Gasteiger partial charge is 0.456 e. The van der Waals surface area contributed by atoms with Crippen molar-refractivity contribution in [1.29, 1.82) is 0 Å². The average Bonchev–Trinajstić information content (AvgIpc) is 3.70. The van der Waals surface area contributed by atoms with Crippen LogP contribution in [0.25, 0.3) is 22.3 Å². The molecule has 2 saturated heterocycles. The first-order valence-corrected chi connectivity index (χ1v) is 14.0. The fraction of sp³-hybridized carbons (Fsp3) is 0.448. The summed E-state index contributed by atoms with van der Waals surface area (Å²) in [6, 6.07) is 5.53. The SMILES string of the molecule is CC(C)(O)c1ncc(-c2cc(F)c3c(c2)CC[C@@H]3Cc2nc3nc(O[C@@H]4CO[C@H]5[C@@H]4OC[C@H]5O)[nH]c3cc2Cl)cn1. The Bertz CT molecular complexity index is 1620. The van der Waals surface area contributed by atoms with Crippen LogP contribution in [0.2, 0.25) is 5.02 Å². The zero-order valence-corrected chi connectivity index (χ0v) is 23.2. The molecule has 2 fully saturated rings. The third kappa shape index (κ3) is 4.85. The molecule has 1 aromatic carbocycles. The van der Waals surface area contributed by atoms with Crippen molar-refractivity contribution in [2.24, 2.45) is 0 Å². The molecular weight excluding hydrogens is 553 g/mol. The van der Waals surface area contributed by atoms with Gasteiger partial charge >= 0.3 is 0 Å². The molecule has 4 aromatic rings. The van der Waals surface area contributed by atoms with Crippen molar-refractivity contribution in [3.05, 3.63) is 64.1 Å². The van der Waals surface area contributed by atoms with Crippen molar-refractivity contribution in [3.8, 4) is 17.1 Å². The average molecular weight is 582 g/mol. The lowest BCUT2D eigenvalue weighted by molar-refractivity contribution is 0.00706. The summed E-state index contributed by atoms with van der Waals surface area (Å²) in [7, 11) is 0. The fourth-order valence-electron chi connectivity index (χ4n) is 6.03. The number of hydrogen-bond donors (Lipinski definition) is 3. The minimum Gasteiger partial charge on any atom is -0.456 e. The Kier molecular flexibility index (Phi) is 6.47. The number of aromatic nitrogens is 5. The number of aromatic amines is 1. The molecule has 10 nitrogen and oxygen atoms in total. The van der Waals surface area contributed by atoms with Gasteiger partial charge in [-0.3, -0.25) is 0 Å². The molecule has 41 heavy (non-hydrogen) atoms. The summed E-state index contributed by atoms with van der Waals surface area (Å²) < 4.78 is 32.8. The number of halogens is 2. The first-order chi connectivity index (χ1) is 19.6. The molecule has 0 saturated carbocycles. The highest BCUT2D eigenvalue weighted by Crippen LogP contribution is 2.40. The number of rotatable bonds is 6. The van der Waals surface area contributed by atoms with Crippen LogP contribution in [-0.4, -0.2) is 72.8 Å². The Balaban J connectivity index is 1.10. The van der Waals surface area contributed by atoms with Crippen LogP contribution in [0, 0.1) is 5.82 Å². The first-order valence-electron chi connectivity index (χ1n) is 13.6. The molecule has 0 amide bonds. The van der Waals surface area contributed by atoms with Crippen molar-refractivity contribution < 1.29 is 28.8 Å². The topological polar surface area (TPSA) is 136 Å². The van der Waals surface area contributed by atoms with Crippen molar-refractivity contribution >= 4 is 22.8 Å². The maximum Gasteiger partial charge on any atom is 0.296 e. The summed E-state index contributed by atoms with van der Waals surface area (Å²) in [6.07, 6.45) is 3.36. The van der Waals surface area contributed by atoms with E-state index in [9.17, 15) is 10.2 Å². The molecule has 12 heteroatoms. The molecular formula is C29H29ClFN5O5. The Morgan fingerprint density at radius 1 is 1.10 bits per heavy atom. The van der Waals surface area contributed by atoms with Gasteiger partial charge in [0.25, 0.3) is 6.01 Å². The van der Waals surface area contributed by atoms with E-state index in [2.05, 4.69) is 19.9 Å². The molecule has 0 spiro atoms. The van der Waals surface area contributed by atoms with E-state index < -0.39 is 23.9 Å². The van der Waals surface area contributed by atoms with Crippen molar-refractivity contribution in [3.63, 3.8) is 0 Å². The van der Waals surface area contributed by atoms with Crippen LogP contribution < -0.4 is 4.74 Å². The fourth-order valence-corrected chi connectivity index (χ4v) is 6.26. The van der Waals surface area contributed by atoms with E-state index in [1.165, 1.54) is 6.07 Å². The lowest BCUT2D eigenvalue weighted by Gasteiger charge is -2.16.